The highest BCUT2D eigenvalue weighted by molar-refractivity contribution is 9.10. The first-order chi connectivity index (χ1) is 13.5. The number of fused-ring (bicyclic) bond motifs is 1. The summed E-state index contributed by atoms with van der Waals surface area (Å²) in [5, 5.41) is 3.76. The summed E-state index contributed by atoms with van der Waals surface area (Å²) in [6.45, 7) is 1.03. The van der Waals surface area contributed by atoms with Gasteiger partial charge in [-0.15, -0.1) is 0 Å². The second-order valence-corrected chi connectivity index (χ2v) is 9.38. The molecule has 8 heteroatoms. The molecule has 2 aromatic carbocycles. The number of nitrogens with zero attached hydrogens (tertiary/aromatic N) is 2. The summed E-state index contributed by atoms with van der Waals surface area (Å²) in [7, 11) is -3.60. The summed E-state index contributed by atoms with van der Waals surface area (Å²) in [5.74, 6) is -0.400. The lowest BCUT2D eigenvalue weighted by molar-refractivity contribution is 0.102. The number of para-hydroxylation sites is 1. The van der Waals surface area contributed by atoms with Crippen molar-refractivity contribution in [3.63, 3.8) is 0 Å². The summed E-state index contributed by atoms with van der Waals surface area (Å²) in [6, 6.07) is 13.8. The molecule has 1 aliphatic heterocycles. The molecule has 0 aliphatic carbocycles. The molecule has 1 saturated heterocycles. The first-order valence-electron chi connectivity index (χ1n) is 8.91. The Labute approximate surface area is 171 Å². The first kappa shape index (κ1) is 19.0. The number of rotatable bonds is 4. The average Bonchev–Trinajstić information content (AvgIpc) is 3.24. The molecule has 1 N–H and O–H groups in total. The van der Waals surface area contributed by atoms with E-state index in [1.807, 2.05) is 24.3 Å². The van der Waals surface area contributed by atoms with E-state index >= 15 is 0 Å². The van der Waals surface area contributed by atoms with Crippen molar-refractivity contribution in [1.29, 1.82) is 0 Å². The topological polar surface area (TPSA) is 79.4 Å². The highest BCUT2D eigenvalue weighted by atomic mass is 79.9. The number of hydrogen-bond donors (Lipinski definition) is 1. The van der Waals surface area contributed by atoms with Crippen LogP contribution in [-0.2, 0) is 10.0 Å². The van der Waals surface area contributed by atoms with Gasteiger partial charge in [0, 0.05) is 29.1 Å². The Balaban J connectivity index is 1.68. The van der Waals surface area contributed by atoms with Crippen LogP contribution in [0.1, 0.15) is 23.2 Å². The third-order valence-corrected chi connectivity index (χ3v) is 7.35. The molecule has 0 spiro atoms. The number of carbonyl (C=O) groups is 1. The van der Waals surface area contributed by atoms with Crippen LogP contribution in [0.25, 0.3) is 10.9 Å². The molecular weight excluding hydrogens is 442 g/mol. The van der Waals surface area contributed by atoms with Crippen LogP contribution in [-0.4, -0.2) is 36.7 Å². The maximum Gasteiger partial charge on any atom is 0.256 e. The zero-order valence-corrected chi connectivity index (χ0v) is 17.3. The lowest BCUT2D eigenvalue weighted by Gasteiger charge is -2.16. The van der Waals surface area contributed by atoms with Gasteiger partial charge in [0.05, 0.1) is 21.7 Å². The molecule has 6 nitrogen and oxygen atoms in total. The second-order valence-electron chi connectivity index (χ2n) is 6.59. The van der Waals surface area contributed by atoms with E-state index in [1.54, 1.807) is 18.3 Å². The molecule has 1 amide bonds. The third-order valence-electron chi connectivity index (χ3n) is 4.77. The molecule has 0 atom stereocenters. The molecule has 1 fully saturated rings. The van der Waals surface area contributed by atoms with E-state index < -0.39 is 15.9 Å². The molecule has 1 aliphatic rings. The number of halogens is 1. The van der Waals surface area contributed by atoms with E-state index in [0.29, 0.717) is 28.8 Å². The third kappa shape index (κ3) is 3.55. The number of hydrogen-bond acceptors (Lipinski definition) is 4. The molecule has 2 heterocycles. The minimum absolute atomic E-state index is 0.124. The number of sulfonamides is 1. The summed E-state index contributed by atoms with van der Waals surface area (Å²) in [4.78, 5) is 17.4. The van der Waals surface area contributed by atoms with Crippen molar-refractivity contribution in [3.8, 4) is 0 Å². The van der Waals surface area contributed by atoms with Crippen LogP contribution < -0.4 is 5.32 Å². The van der Waals surface area contributed by atoms with Crippen molar-refractivity contribution in [2.75, 3.05) is 18.4 Å². The number of anilines is 1. The Bertz CT molecular complexity index is 1150. The minimum atomic E-state index is -3.60. The van der Waals surface area contributed by atoms with Crippen molar-refractivity contribution in [2.24, 2.45) is 0 Å². The van der Waals surface area contributed by atoms with Crippen molar-refractivity contribution in [1.82, 2.24) is 9.29 Å². The largest absolute Gasteiger partial charge is 0.320 e. The van der Waals surface area contributed by atoms with E-state index in [0.717, 1.165) is 18.2 Å². The quantitative estimate of drug-likeness (QED) is 0.638. The fraction of sp³-hybridized carbons (Fsp3) is 0.200. The van der Waals surface area contributed by atoms with E-state index in [-0.39, 0.29) is 10.5 Å². The maximum atomic E-state index is 12.9. The Hall–Kier alpha value is -2.29. The number of amides is 1. The number of benzene rings is 2. The van der Waals surface area contributed by atoms with Gasteiger partial charge in [-0.25, -0.2) is 8.42 Å². The molecule has 0 unspecified atom stereocenters. The zero-order valence-electron chi connectivity index (χ0n) is 14.9. The Morgan fingerprint density at radius 2 is 1.82 bits per heavy atom. The Morgan fingerprint density at radius 3 is 2.61 bits per heavy atom. The Kier molecular flexibility index (Phi) is 5.18. The molecule has 0 radical (unpaired) electrons. The standard InChI is InChI=1S/C20H18BrN3O3S/c21-17-9-8-15(28(26,27)24-11-1-2-12-24)13-16(17)20(25)23-18-7-3-5-14-6-4-10-22-19(14)18/h3-10,13H,1-2,11-12H2,(H,23,25). The maximum absolute atomic E-state index is 12.9. The van der Waals surface area contributed by atoms with Gasteiger partial charge >= 0.3 is 0 Å². The van der Waals surface area contributed by atoms with Crippen molar-refractivity contribution >= 4 is 48.5 Å². The fourth-order valence-corrected chi connectivity index (χ4v) is 5.28. The Morgan fingerprint density at radius 1 is 1.07 bits per heavy atom. The van der Waals surface area contributed by atoms with Gasteiger partial charge in [-0.2, -0.15) is 4.31 Å². The van der Waals surface area contributed by atoms with Gasteiger partial charge in [0.2, 0.25) is 10.0 Å². The predicted molar refractivity (Wildman–Crippen MR) is 112 cm³/mol. The molecule has 1 aromatic heterocycles. The predicted octanol–water partition coefficient (Wildman–Crippen LogP) is 4.03. The SMILES string of the molecule is O=C(Nc1cccc2cccnc12)c1cc(S(=O)(=O)N2CCCC2)ccc1Br. The van der Waals surface area contributed by atoms with Gasteiger partial charge in [-0.3, -0.25) is 9.78 Å². The van der Waals surface area contributed by atoms with Crippen molar-refractivity contribution < 1.29 is 13.2 Å². The number of pyridine rings is 1. The van der Waals surface area contributed by atoms with Crippen LogP contribution in [0.15, 0.2) is 64.1 Å². The number of nitrogens with one attached hydrogen (secondary N) is 1. The highest BCUT2D eigenvalue weighted by Crippen LogP contribution is 2.27. The first-order valence-corrected chi connectivity index (χ1v) is 11.1. The van der Waals surface area contributed by atoms with Crippen LogP contribution in [0.5, 0.6) is 0 Å². The molecule has 4 rings (SSSR count). The molecule has 0 bridgehead atoms. The number of aromatic nitrogens is 1. The zero-order chi connectivity index (χ0) is 19.7. The molecular formula is C20H18BrN3O3S. The molecule has 28 heavy (non-hydrogen) atoms. The van der Waals surface area contributed by atoms with Gasteiger partial charge in [-0.05, 0) is 59.1 Å². The van der Waals surface area contributed by atoms with Crippen LogP contribution in [0.4, 0.5) is 5.69 Å². The lowest BCUT2D eigenvalue weighted by atomic mass is 10.1. The van der Waals surface area contributed by atoms with Crippen molar-refractivity contribution in [2.45, 2.75) is 17.7 Å². The fourth-order valence-electron chi connectivity index (χ4n) is 3.31. The minimum Gasteiger partial charge on any atom is -0.320 e. The van der Waals surface area contributed by atoms with Crippen molar-refractivity contribution in [3.05, 3.63) is 64.8 Å². The summed E-state index contributed by atoms with van der Waals surface area (Å²) < 4.78 is 27.6. The molecule has 144 valence electrons. The monoisotopic (exact) mass is 459 g/mol. The highest BCUT2D eigenvalue weighted by Gasteiger charge is 2.28. The second kappa shape index (κ2) is 7.62. The average molecular weight is 460 g/mol. The normalized spacial score (nSPS) is 15.0. The number of carbonyl (C=O) groups excluding carboxylic acids is 1. The van der Waals surface area contributed by atoms with E-state index in [1.165, 1.54) is 16.4 Å². The summed E-state index contributed by atoms with van der Waals surface area (Å²) in [5.41, 5.74) is 1.51. The molecule has 0 saturated carbocycles. The smallest absolute Gasteiger partial charge is 0.256 e. The summed E-state index contributed by atoms with van der Waals surface area (Å²) >= 11 is 3.36. The van der Waals surface area contributed by atoms with Gasteiger partial charge < -0.3 is 5.32 Å². The molecule has 3 aromatic rings. The van der Waals surface area contributed by atoms with Crippen LogP contribution in [0.3, 0.4) is 0 Å². The van der Waals surface area contributed by atoms with Crippen LogP contribution in [0.2, 0.25) is 0 Å². The van der Waals surface area contributed by atoms with E-state index in [4.69, 9.17) is 0 Å². The van der Waals surface area contributed by atoms with E-state index in [9.17, 15) is 13.2 Å². The van der Waals surface area contributed by atoms with E-state index in [2.05, 4.69) is 26.2 Å². The van der Waals surface area contributed by atoms with Gasteiger partial charge in [0.15, 0.2) is 0 Å². The van der Waals surface area contributed by atoms with Gasteiger partial charge in [-0.1, -0.05) is 18.2 Å². The van der Waals surface area contributed by atoms with Crippen LogP contribution >= 0.6 is 15.9 Å². The van der Waals surface area contributed by atoms with Gasteiger partial charge in [0.1, 0.15) is 0 Å². The summed E-state index contributed by atoms with van der Waals surface area (Å²) in [6.07, 6.45) is 3.38. The van der Waals surface area contributed by atoms with Gasteiger partial charge in [0.25, 0.3) is 5.91 Å². The van der Waals surface area contributed by atoms with Crippen LogP contribution in [0, 0.1) is 0 Å². The lowest BCUT2D eigenvalue weighted by Crippen LogP contribution is -2.28.